The fourth-order valence-electron chi connectivity index (χ4n) is 13.1. The van der Waals surface area contributed by atoms with Crippen LogP contribution < -0.4 is 21.1 Å². The summed E-state index contributed by atoms with van der Waals surface area (Å²) in [7, 11) is 0. The van der Waals surface area contributed by atoms with Crippen LogP contribution in [0.5, 0.6) is 0 Å². The smallest absolute Gasteiger partial charge is 0.221 e. The van der Waals surface area contributed by atoms with Gasteiger partial charge in [0, 0.05) is 44.6 Å². The molecule has 119 heavy (non-hydrogen) atoms. The Kier molecular flexibility index (Phi) is 50.4. The molecule has 42 atom stereocenters. The number of aliphatic hydroxyl groups excluding tert-OH is 27. The highest BCUT2D eigenvalue weighted by Crippen LogP contribution is 2.30. The standard InChI is InChI=1S/C9H17NO5.C9H17NO4.C9H17NO3.C8H14O6.C7H13N3O4.C7H14O6.3C7H14O5/c1-4-7(12)9(14)8(13)6(15-4)3-10-5(2)11;1-4-8(12)7(10-6(3)11)9(13)5(2)14-4;1-5-4-8(10-7(3)11)9(12)6(2)13-5;1-3-6(11)8(13)7(12)4(14-3)2-5(9)10;1-3-6(12)7(13)5(9-10-8)4(2-11)14-3;1-3-5(9)6(10)7(11,12)4(2-8)13-3;3*1-3-5(9)7(11)6(10)4(2-8)12-3/h4,6-9,12-14H,3H2,1-2H3,(H,10,11);4-5,7-9,12-13H,1-3H3,(H,10,11);5-6,8-9,12H,4H2,1-3H3,(H,10,11);3-4,6-8,11-13H,2H2,1H3,(H,9,10);3-7,11-13H,2H2,1H3;3-6,8-12H,2H2,1H3;3*3-11H,2H2,1H3/p-1. The predicted molar refractivity (Wildman–Crippen MR) is 396 cm³/mol. The van der Waals surface area contributed by atoms with Crippen molar-refractivity contribution in [1.29, 1.82) is 0 Å². The summed E-state index contributed by atoms with van der Waals surface area (Å²) in [5.41, 5.74) is 8.23. The molecule has 0 aromatic rings. The molecule has 9 aliphatic heterocycles. The Balaban J connectivity index is 0.000000670. The highest BCUT2D eigenvalue weighted by atomic mass is 16.6. The lowest BCUT2D eigenvalue weighted by Gasteiger charge is -2.43. The molecule has 0 bridgehead atoms. The molecule has 49 nitrogen and oxygen atoms in total. The number of carbonyl (C=O) groups excluding carboxylic acids is 4. The number of hydrogen-bond acceptors (Lipinski definition) is 44. The van der Waals surface area contributed by atoms with Gasteiger partial charge in [0.05, 0.1) is 137 Å². The van der Waals surface area contributed by atoms with Gasteiger partial charge in [-0.15, -0.1) is 0 Å². The van der Waals surface area contributed by atoms with Crippen LogP contribution in [0.1, 0.15) is 110 Å². The minimum absolute atomic E-state index is 0.0928. The van der Waals surface area contributed by atoms with Gasteiger partial charge in [-0.3, -0.25) is 14.4 Å². The quantitative estimate of drug-likeness (QED) is 0.0373. The Morgan fingerprint density at radius 2 is 0.664 bits per heavy atom. The Hall–Kier alpha value is -4.33. The van der Waals surface area contributed by atoms with E-state index in [2.05, 4.69) is 26.0 Å². The molecular weight excluding hydrogens is 1610 g/mol. The van der Waals surface area contributed by atoms with Gasteiger partial charge in [0.25, 0.3) is 0 Å². The van der Waals surface area contributed by atoms with E-state index < -0.39 is 257 Å². The van der Waals surface area contributed by atoms with Crippen molar-refractivity contribution in [1.82, 2.24) is 16.0 Å². The molecule has 0 spiro atoms. The average molecular weight is 1750 g/mol. The number of aliphatic hydroxyl groups is 29. The highest BCUT2D eigenvalue weighted by Gasteiger charge is 2.53. The summed E-state index contributed by atoms with van der Waals surface area (Å²) in [6, 6.07) is -1.77. The summed E-state index contributed by atoms with van der Waals surface area (Å²) in [5, 5.41) is 289. The number of hydrogen-bond donors (Lipinski definition) is 32. The minimum Gasteiger partial charge on any atom is -0.550 e. The number of rotatable bonds is 12. The molecule has 0 aromatic heterocycles. The molecule has 9 heterocycles. The van der Waals surface area contributed by atoms with Crippen molar-refractivity contribution in [2.45, 2.75) is 378 Å². The van der Waals surface area contributed by atoms with E-state index in [9.17, 15) is 147 Å². The first-order valence-corrected chi connectivity index (χ1v) is 38.4. The summed E-state index contributed by atoms with van der Waals surface area (Å²) in [6.45, 7) is 20.2. The van der Waals surface area contributed by atoms with Crippen molar-refractivity contribution in [2.24, 2.45) is 5.11 Å². The van der Waals surface area contributed by atoms with Gasteiger partial charge < -0.3 is 217 Å². The fourth-order valence-corrected chi connectivity index (χ4v) is 13.1. The molecule has 3 amide bonds. The molecule has 42 unspecified atom stereocenters. The van der Waals surface area contributed by atoms with Crippen LogP contribution in [-0.4, -0.2) is 479 Å². The topological polar surface area (TPSA) is 846 Å². The van der Waals surface area contributed by atoms with E-state index in [1.807, 2.05) is 13.8 Å². The number of nitrogens with zero attached hydrogens (tertiary/aromatic N) is 3. The van der Waals surface area contributed by atoms with Crippen molar-refractivity contribution in [3.05, 3.63) is 10.4 Å². The second-order valence-corrected chi connectivity index (χ2v) is 30.2. The number of nitrogens with one attached hydrogen (secondary N) is 3. The van der Waals surface area contributed by atoms with E-state index in [0.717, 1.165) is 0 Å². The zero-order valence-electron chi connectivity index (χ0n) is 68.5. The predicted octanol–water partition coefficient (Wildman–Crippen LogP) is -16.1. The second-order valence-electron chi connectivity index (χ2n) is 30.2. The average Bonchev–Trinajstić information content (AvgIpc) is 0.782. The maximum Gasteiger partial charge on any atom is 0.221 e. The summed E-state index contributed by atoms with van der Waals surface area (Å²) >= 11 is 0. The summed E-state index contributed by atoms with van der Waals surface area (Å²) in [5.74, 6) is -4.59. The molecule has 32 N–H and O–H groups in total. The van der Waals surface area contributed by atoms with Crippen molar-refractivity contribution < 1.29 is 215 Å². The molecular formula is C70H133N6O43-. The number of amides is 3. The SMILES string of the molecule is CC(=O)NC1C(O)C(C)OC(C)C1O.CC(=O)NC1CC(C)OC(C)C1O.CC(=O)NCC1OC(C)C(O)C(O)C1O.CC1OC(CC(=O)[O-])C(O)C(O)C1O.CC1OC(CO)C(N=[N+]=[N-])C(O)C1O.CC1OC(CO)C(O)(O)C(O)C1O.CC1OC(CO)C(O)C(O)C1O.CC1OC(CO)C(O)C(O)C1O.CC1OC(CO)C(O)C(O)C1O. The maximum absolute atomic E-state index is 10.8. The molecule has 702 valence electrons. The molecule has 0 radical (unpaired) electrons. The summed E-state index contributed by atoms with van der Waals surface area (Å²) in [4.78, 5) is 45.1. The number of azide groups is 1. The zero-order valence-corrected chi connectivity index (χ0v) is 68.5. The van der Waals surface area contributed by atoms with Crippen molar-refractivity contribution in [3.63, 3.8) is 0 Å². The van der Waals surface area contributed by atoms with E-state index in [1.165, 1.54) is 34.6 Å². The zero-order chi connectivity index (χ0) is 92.2. The lowest BCUT2D eigenvalue weighted by molar-refractivity contribution is -0.350. The molecule has 9 aliphatic rings. The molecule has 0 saturated carbocycles. The van der Waals surface area contributed by atoms with Gasteiger partial charge in [-0.2, -0.15) is 0 Å². The highest BCUT2D eigenvalue weighted by molar-refractivity contribution is 5.74. The first kappa shape index (κ1) is 113. The van der Waals surface area contributed by atoms with Gasteiger partial charge in [0.1, 0.15) is 159 Å². The Morgan fingerprint density at radius 3 is 0.992 bits per heavy atom. The van der Waals surface area contributed by atoms with Crippen LogP contribution in [0, 0.1) is 0 Å². The normalized spacial score (nSPS) is 44.6. The van der Waals surface area contributed by atoms with Gasteiger partial charge in [0.15, 0.2) is 0 Å². The van der Waals surface area contributed by atoms with Gasteiger partial charge >= 0.3 is 0 Å². The molecule has 0 aromatic carbocycles. The molecule has 0 aliphatic carbocycles. The van der Waals surface area contributed by atoms with E-state index in [0.29, 0.717) is 6.42 Å². The third-order valence-electron chi connectivity index (χ3n) is 20.6. The van der Waals surface area contributed by atoms with Crippen LogP contribution in [0.15, 0.2) is 5.11 Å². The van der Waals surface area contributed by atoms with Crippen molar-refractivity contribution >= 4 is 23.7 Å². The van der Waals surface area contributed by atoms with Crippen LogP contribution in [0.4, 0.5) is 0 Å². The van der Waals surface area contributed by atoms with Crippen LogP contribution in [-0.2, 0) is 61.8 Å². The van der Waals surface area contributed by atoms with Crippen LogP contribution in [0.25, 0.3) is 10.4 Å². The van der Waals surface area contributed by atoms with Gasteiger partial charge in [-0.25, -0.2) is 0 Å². The minimum atomic E-state index is -2.61. The molecule has 9 fully saturated rings. The third kappa shape index (κ3) is 33.5. The fraction of sp³-hybridized carbons (Fsp3) is 0.943. The van der Waals surface area contributed by atoms with Crippen LogP contribution in [0.2, 0.25) is 0 Å². The van der Waals surface area contributed by atoms with Crippen molar-refractivity contribution in [2.75, 3.05) is 39.6 Å². The lowest BCUT2D eigenvalue weighted by Crippen LogP contribution is -2.66. The van der Waals surface area contributed by atoms with E-state index >= 15 is 0 Å². The van der Waals surface area contributed by atoms with E-state index in [4.69, 9.17) is 73.7 Å². The number of carboxylic acid groups (broad SMARTS) is 1. The third-order valence-corrected chi connectivity index (χ3v) is 20.6. The maximum atomic E-state index is 10.8. The Bertz CT molecular complexity index is 2820. The van der Waals surface area contributed by atoms with Gasteiger partial charge in [0.2, 0.25) is 23.5 Å². The Labute approximate surface area is 685 Å². The monoisotopic (exact) mass is 1750 g/mol. The van der Waals surface area contributed by atoms with E-state index in [-0.39, 0.29) is 81.2 Å². The first-order chi connectivity index (χ1) is 55.0. The summed E-state index contributed by atoms with van der Waals surface area (Å²) < 4.78 is 46.0. The second kappa shape index (κ2) is 53.2. The molecule has 9 rings (SSSR count). The number of carbonyl (C=O) groups is 4. The first-order valence-electron chi connectivity index (χ1n) is 38.4. The number of carboxylic acids is 1. The number of aliphatic carboxylic acids is 1. The number of ether oxygens (including phenoxy) is 9. The van der Waals surface area contributed by atoms with Crippen LogP contribution >= 0.6 is 0 Å². The Morgan fingerprint density at radius 1 is 0.361 bits per heavy atom. The molecule has 49 heteroatoms. The summed E-state index contributed by atoms with van der Waals surface area (Å²) in [6.07, 6.45) is -37.2. The lowest BCUT2D eigenvalue weighted by atomic mass is 9.92. The van der Waals surface area contributed by atoms with Crippen LogP contribution in [0.3, 0.4) is 0 Å². The molecule has 9 saturated heterocycles. The van der Waals surface area contributed by atoms with Gasteiger partial charge in [-0.1, -0.05) is 5.11 Å². The largest absolute Gasteiger partial charge is 0.550 e. The van der Waals surface area contributed by atoms with E-state index in [1.54, 1.807) is 48.5 Å². The van der Waals surface area contributed by atoms with Crippen molar-refractivity contribution in [3.8, 4) is 0 Å². The van der Waals surface area contributed by atoms with Gasteiger partial charge in [-0.05, 0) is 88.1 Å².